The molecule has 1 fully saturated rings. The fourth-order valence-corrected chi connectivity index (χ4v) is 2.72. The van der Waals surface area contributed by atoms with Gasteiger partial charge in [-0.25, -0.2) is 9.67 Å². The second kappa shape index (κ2) is 5.15. The molecule has 0 bridgehead atoms. The van der Waals surface area contributed by atoms with Crippen LogP contribution in [0.25, 0.3) is 0 Å². The Morgan fingerprint density at radius 1 is 1.26 bits per heavy atom. The third kappa shape index (κ3) is 2.69. The summed E-state index contributed by atoms with van der Waals surface area (Å²) in [5.74, 6) is 2.17. The molecule has 0 aliphatic heterocycles. The number of rotatable bonds is 3. The summed E-state index contributed by atoms with van der Waals surface area (Å²) in [4.78, 5) is 4.37. The maximum atomic E-state index is 5.57. The van der Waals surface area contributed by atoms with Crippen molar-refractivity contribution in [3.05, 3.63) is 29.2 Å². The Morgan fingerprint density at radius 3 is 2.74 bits per heavy atom. The monoisotopic (exact) mass is 260 g/mol. The molecule has 0 N–H and O–H groups in total. The molecule has 0 spiro atoms. The second-order valence-corrected chi connectivity index (χ2v) is 5.43. The van der Waals surface area contributed by atoms with Crippen molar-refractivity contribution in [3.8, 4) is 0 Å². The van der Waals surface area contributed by atoms with Crippen molar-refractivity contribution in [3.63, 3.8) is 0 Å². The van der Waals surface area contributed by atoms with Crippen LogP contribution in [0.1, 0.15) is 61.1 Å². The molecule has 2 aromatic heterocycles. The quantitative estimate of drug-likeness (QED) is 0.851. The molecule has 102 valence electrons. The van der Waals surface area contributed by atoms with E-state index in [-0.39, 0.29) is 0 Å². The molecule has 0 radical (unpaired) electrons. The minimum atomic E-state index is 0.564. The van der Waals surface area contributed by atoms with Gasteiger partial charge in [0.15, 0.2) is 0 Å². The van der Waals surface area contributed by atoms with Gasteiger partial charge in [-0.15, -0.1) is 5.10 Å². The van der Waals surface area contributed by atoms with E-state index < -0.39 is 0 Å². The number of oxazole rings is 1. The average Bonchev–Trinajstić information content (AvgIpc) is 2.99. The zero-order valence-corrected chi connectivity index (χ0v) is 11.6. The van der Waals surface area contributed by atoms with Gasteiger partial charge < -0.3 is 4.42 Å². The van der Waals surface area contributed by atoms with E-state index in [1.807, 2.05) is 24.7 Å². The average molecular weight is 260 g/mol. The van der Waals surface area contributed by atoms with Crippen LogP contribution in [0.5, 0.6) is 0 Å². The molecule has 0 saturated heterocycles. The standard InChI is InChI=1S/C14H20N4O/c1-10-11(2)19-14(15-10)9-18-8-13(16-17-18)12-6-4-3-5-7-12/h8,12H,3-7,9H2,1-2H3. The van der Waals surface area contributed by atoms with Crippen molar-refractivity contribution in [1.29, 1.82) is 0 Å². The molecule has 0 unspecified atom stereocenters. The van der Waals surface area contributed by atoms with E-state index in [0.29, 0.717) is 18.4 Å². The molecular weight excluding hydrogens is 240 g/mol. The first-order valence-corrected chi connectivity index (χ1v) is 7.05. The van der Waals surface area contributed by atoms with Crippen LogP contribution < -0.4 is 0 Å². The zero-order valence-electron chi connectivity index (χ0n) is 11.6. The van der Waals surface area contributed by atoms with E-state index in [2.05, 4.69) is 15.3 Å². The van der Waals surface area contributed by atoms with E-state index in [4.69, 9.17) is 4.42 Å². The van der Waals surface area contributed by atoms with Crippen LogP contribution in [-0.4, -0.2) is 20.0 Å². The maximum absolute atomic E-state index is 5.57. The van der Waals surface area contributed by atoms with Crippen LogP contribution in [0.3, 0.4) is 0 Å². The highest BCUT2D eigenvalue weighted by Gasteiger charge is 2.18. The lowest BCUT2D eigenvalue weighted by Gasteiger charge is -2.18. The lowest BCUT2D eigenvalue weighted by molar-refractivity contribution is 0.436. The third-order valence-corrected chi connectivity index (χ3v) is 3.95. The number of aryl methyl sites for hydroxylation is 2. The van der Waals surface area contributed by atoms with Gasteiger partial charge in [0.05, 0.1) is 11.4 Å². The summed E-state index contributed by atoms with van der Waals surface area (Å²) in [6.45, 7) is 4.45. The number of hydrogen-bond donors (Lipinski definition) is 0. The van der Waals surface area contributed by atoms with Crippen molar-refractivity contribution in [1.82, 2.24) is 20.0 Å². The summed E-state index contributed by atoms with van der Waals surface area (Å²) in [5, 5.41) is 8.50. The Kier molecular flexibility index (Phi) is 3.36. The van der Waals surface area contributed by atoms with E-state index in [9.17, 15) is 0 Å². The molecule has 3 rings (SSSR count). The Bertz CT molecular complexity index is 532. The molecule has 0 atom stereocenters. The van der Waals surface area contributed by atoms with Gasteiger partial charge in [-0.1, -0.05) is 24.5 Å². The van der Waals surface area contributed by atoms with Gasteiger partial charge in [0.25, 0.3) is 0 Å². The maximum Gasteiger partial charge on any atom is 0.216 e. The van der Waals surface area contributed by atoms with Crippen LogP contribution >= 0.6 is 0 Å². The first kappa shape index (κ1) is 12.4. The Morgan fingerprint density at radius 2 is 2.05 bits per heavy atom. The smallest absolute Gasteiger partial charge is 0.216 e. The minimum Gasteiger partial charge on any atom is -0.444 e. The lowest BCUT2D eigenvalue weighted by Crippen LogP contribution is -2.04. The molecule has 0 amide bonds. The normalized spacial score (nSPS) is 16.9. The molecule has 5 heteroatoms. The van der Waals surface area contributed by atoms with Crippen molar-refractivity contribution >= 4 is 0 Å². The topological polar surface area (TPSA) is 56.7 Å². The van der Waals surface area contributed by atoms with Crippen molar-refractivity contribution < 1.29 is 4.42 Å². The third-order valence-electron chi connectivity index (χ3n) is 3.95. The van der Waals surface area contributed by atoms with E-state index >= 15 is 0 Å². The van der Waals surface area contributed by atoms with E-state index in [0.717, 1.165) is 17.1 Å². The van der Waals surface area contributed by atoms with Gasteiger partial charge in [-0.3, -0.25) is 0 Å². The molecular formula is C14H20N4O. The number of aromatic nitrogens is 4. The highest BCUT2D eigenvalue weighted by atomic mass is 16.4. The summed E-state index contributed by atoms with van der Waals surface area (Å²) in [7, 11) is 0. The molecule has 5 nitrogen and oxygen atoms in total. The van der Waals surface area contributed by atoms with Crippen LogP contribution in [0.4, 0.5) is 0 Å². The minimum absolute atomic E-state index is 0.564. The lowest BCUT2D eigenvalue weighted by atomic mass is 9.87. The first-order chi connectivity index (χ1) is 9.22. The summed E-state index contributed by atoms with van der Waals surface area (Å²) >= 11 is 0. The van der Waals surface area contributed by atoms with Crippen LogP contribution in [0, 0.1) is 13.8 Å². The molecule has 1 saturated carbocycles. The predicted octanol–water partition coefficient (Wildman–Crippen LogP) is 2.98. The van der Waals surface area contributed by atoms with Crippen LogP contribution in [0.2, 0.25) is 0 Å². The molecule has 0 aromatic carbocycles. The highest BCUT2D eigenvalue weighted by Crippen LogP contribution is 2.31. The van der Waals surface area contributed by atoms with Gasteiger partial charge in [0, 0.05) is 12.1 Å². The molecule has 19 heavy (non-hydrogen) atoms. The molecule has 1 aliphatic carbocycles. The summed E-state index contributed by atoms with van der Waals surface area (Å²) in [6, 6.07) is 0. The summed E-state index contributed by atoms with van der Waals surface area (Å²) < 4.78 is 7.40. The largest absolute Gasteiger partial charge is 0.444 e. The SMILES string of the molecule is Cc1nc(Cn2cc(C3CCCCC3)nn2)oc1C. The van der Waals surface area contributed by atoms with E-state index in [1.54, 1.807) is 0 Å². The fraction of sp³-hybridized carbons (Fsp3) is 0.643. The predicted molar refractivity (Wildman–Crippen MR) is 70.9 cm³/mol. The van der Waals surface area contributed by atoms with Crippen molar-refractivity contribution in [2.24, 2.45) is 0 Å². The summed E-state index contributed by atoms with van der Waals surface area (Å²) in [6.07, 6.45) is 8.53. The van der Waals surface area contributed by atoms with Gasteiger partial charge in [0.1, 0.15) is 12.3 Å². The Labute approximate surface area is 113 Å². The molecule has 2 aromatic rings. The van der Waals surface area contributed by atoms with Crippen LogP contribution in [-0.2, 0) is 6.54 Å². The van der Waals surface area contributed by atoms with Crippen molar-refractivity contribution in [2.45, 2.75) is 58.4 Å². The molecule has 2 heterocycles. The van der Waals surface area contributed by atoms with Crippen molar-refractivity contribution in [2.75, 3.05) is 0 Å². The summed E-state index contributed by atoms with van der Waals surface area (Å²) in [5.41, 5.74) is 2.07. The number of nitrogens with zero attached hydrogens (tertiary/aromatic N) is 4. The molecule has 1 aliphatic rings. The zero-order chi connectivity index (χ0) is 13.2. The van der Waals surface area contributed by atoms with E-state index in [1.165, 1.54) is 32.1 Å². The van der Waals surface area contributed by atoms with Crippen LogP contribution in [0.15, 0.2) is 10.6 Å². The van der Waals surface area contributed by atoms with Gasteiger partial charge in [-0.05, 0) is 26.7 Å². The fourth-order valence-electron chi connectivity index (χ4n) is 2.72. The second-order valence-electron chi connectivity index (χ2n) is 5.43. The van der Waals surface area contributed by atoms with Gasteiger partial charge >= 0.3 is 0 Å². The number of hydrogen-bond acceptors (Lipinski definition) is 4. The van der Waals surface area contributed by atoms with Gasteiger partial charge in [-0.2, -0.15) is 0 Å². The van der Waals surface area contributed by atoms with Gasteiger partial charge in [0.2, 0.25) is 5.89 Å². The Hall–Kier alpha value is -1.65. The highest BCUT2D eigenvalue weighted by molar-refractivity contribution is 5.07. The first-order valence-electron chi connectivity index (χ1n) is 7.05. The Balaban J connectivity index is 1.70.